The average molecular weight is 258 g/mol. The van der Waals surface area contributed by atoms with Crippen molar-refractivity contribution in [2.24, 2.45) is 5.92 Å². The molecule has 0 aliphatic carbocycles. The van der Waals surface area contributed by atoms with Crippen LogP contribution in [0.5, 0.6) is 0 Å². The molecular weight excluding hydrogens is 236 g/mol. The fourth-order valence-corrected chi connectivity index (χ4v) is 2.56. The van der Waals surface area contributed by atoms with Gasteiger partial charge in [-0.15, -0.1) is 0 Å². The number of nitriles is 1. The zero-order valence-corrected chi connectivity index (χ0v) is 11.8. The number of aromatic nitrogens is 1. The van der Waals surface area contributed by atoms with E-state index in [0.717, 1.165) is 11.6 Å². The van der Waals surface area contributed by atoms with E-state index in [4.69, 9.17) is 5.26 Å². The van der Waals surface area contributed by atoms with Crippen molar-refractivity contribution in [3.63, 3.8) is 0 Å². The number of hydrogen-bond donors (Lipinski definition) is 1. The second-order valence-electron chi connectivity index (χ2n) is 5.66. The smallest absolute Gasteiger partial charge is 0.140 e. The molecule has 0 spiro atoms. The van der Waals surface area contributed by atoms with Crippen molar-refractivity contribution in [3.05, 3.63) is 24.0 Å². The maximum absolute atomic E-state index is 8.71. The Morgan fingerprint density at radius 1 is 1.42 bits per heavy atom. The molecule has 1 aromatic rings. The average Bonchev–Trinajstić information content (AvgIpc) is 2.41. The van der Waals surface area contributed by atoms with E-state index in [1.165, 1.54) is 32.5 Å². The molecule has 102 valence electrons. The van der Waals surface area contributed by atoms with Crippen LogP contribution in [-0.4, -0.2) is 35.6 Å². The van der Waals surface area contributed by atoms with E-state index in [0.29, 0.717) is 11.7 Å². The lowest BCUT2D eigenvalue weighted by Gasteiger charge is -2.33. The van der Waals surface area contributed by atoms with Crippen molar-refractivity contribution in [1.29, 1.82) is 5.26 Å². The number of nitrogens with one attached hydrogen (secondary N) is 1. The third-order valence-corrected chi connectivity index (χ3v) is 3.46. The monoisotopic (exact) mass is 258 g/mol. The van der Waals surface area contributed by atoms with Crippen LogP contribution in [0.3, 0.4) is 0 Å². The first-order valence-corrected chi connectivity index (χ1v) is 7.02. The summed E-state index contributed by atoms with van der Waals surface area (Å²) >= 11 is 0. The minimum absolute atomic E-state index is 0.470. The zero-order valence-electron chi connectivity index (χ0n) is 11.8. The van der Waals surface area contributed by atoms with Crippen molar-refractivity contribution in [2.45, 2.75) is 32.7 Å². The Balaban J connectivity index is 1.80. The van der Waals surface area contributed by atoms with Gasteiger partial charge in [-0.05, 0) is 30.9 Å². The highest BCUT2D eigenvalue weighted by Crippen LogP contribution is 2.17. The third kappa shape index (κ3) is 4.22. The maximum atomic E-state index is 8.71. The number of anilines is 1. The Hall–Kier alpha value is -1.60. The van der Waals surface area contributed by atoms with Crippen LogP contribution < -0.4 is 5.32 Å². The standard InChI is InChI=1S/C15H22N4/c1-12(2)11-19-7-5-13(6-8-19)18-15-4-3-14(9-16)17-10-15/h3-4,10,12-13,18H,5-8,11H2,1-2H3. The maximum Gasteiger partial charge on any atom is 0.140 e. The predicted molar refractivity (Wildman–Crippen MR) is 76.9 cm³/mol. The van der Waals surface area contributed by atoms with Crippen LogP contribution in [0, 0.1) is 17.2 Å². The number of piperidine rings is 1. The Morgan fingerprint density at radius 2 is 2.16 bits per heavy atom. The summed E-state index contributed by atoms with van der Waals surface area (Å²) in [6.45, 7) is 8.07. The minimum Gasteiger partial charge on any atom is -0.381 e. The van der Waals surface area contributed by atoms with Crippen molar-refractivity contribution >= 4 is 5.69 Å². The van der Waals surface area contributed by atoms with E-state index in [1.54, 1.807) is 12.3 Å². The van der Waals surface area contributed by atoms with Crippen LogP contribution in [0.25, 0.3) is 0 Å². The summed E-state index contributed by atoms with van der Waals surface area (Å²) < 4.78 is 0. The van der Waals surface area contributed by atoms with Crippen molar-refractivity contribution in [2.75, 3.05) is 25.0 Å². The number of rotatable bonds is 4. The fourth-order valence-electron chi connectivity index (χ4n) is 2.56. The van der Waals surface area contributed by atoms with E-state index < -0.39 is 0 Å². The lowest BCUT2D eigenvalue weighted by atomic mass is 10.0. The summed E-state index contributed by atoms with van der Waals surface area (Å²) in [5.74, 6) is 0.743. The second kappa shape index (κ2) is 6.53. The summed E-state index contributed by atoms with van der Waals surface area (Å²) in [5.41, 5.74) is 1.48. The Labute approximate surface area is 115 Å². The summed E-state index contributed by atoms with van der Waals surface area (Å²) in [5, 5.41) is 12.2. The van der Waals surface area contributed by atoms with Gasteiger partial charge >= 0.3 is 0 Å². The molecule has 0 unspecified atom stereocenters. The predicted octanol–water partition coefficient (Wildman–Crippen LogP) is 2.49. The van der Waals surface area contributed by atoms with Crippen molar-refractivity contribution in [1.82, 2.24) is 9.88 Å². The molecule has 4 nitrogen and oxygen atoms in total. The van der Waals surface area contributed by atoms with Crippen LogP contribution in [0.1, 0.15) is 32.4 Å². The van der Waals surface area contributed by atoms with E-state index in [-0.39, 0.29) is 0 Å². The van der Waals surface area contributed by atoms with Gasteiger partial charge in [-0.2, -0.15) is 5.26 Å². The lowest BCUT2D eigenvalue weighted by molar-refractivity contribution is 0.198. The molecule has 1 saturated heterocycles. The van der Waals surface area contributed by atoms with Gasteiger partial charge in [0.25, 0.3) is 0 Å². The summed E-state index contributed by atoms with van der Waals surface area (Å²) in [6.07, 6.45) is 4.10. The SMILES string of the molecule is CC(C)CN1CCC(Nc2ccc(C#N)nc2)CC1. The topological polar surface area (TPSA) is 52.0 Å². The molecular formula is C15H22N4. The zero-order chi connectivity index (χ0) is 13.7. The molecule has 0 bridgehead atoms. The van der Waals surface area contributed by atoms with Gasteiger partial charge in [0.1, 0.15) is 11.8 Å². The molecule has 1 aliphatic heterocycles. The van der Waals surface area contributed by atoms with Gasteiger partial charge in [0, 0.05) is 25.7 Å². The number of pyridine rings is 1. The van der Waals surface area contributed by atoms with E-state index in [2.05, 4.69) is 29.0 Å². The second-order valence-corrected chi connectivity index (χ2v) is 5.66. The number of hydrogen-bond acceptors (Lipinski definition) is 4. The normalized spacial score (nSPS) is 17.4. The van der Waals surface area contributed by atoms with Crippen molar-refractivity contribution in [3.8, 4) is 6.07 Å². The van der Waals surface area contributed by atoms with Crippen LogP contribution in [0.15, 0.2) is 18.3 Å². The van der Waals surface area contributed by atoms with Gasteiger partial charge in [-0.3, -0.25) is 0 Å². The minimum atomic E-state index is 0.470. The Kier molecular flexibility index (Phi) is 4.75. The van der Waals surface area contributed by atoms with Gasteiger partial charge in [0.05, 0.1) is 11.9 Å². The fraction of sp³-hybridized carbons (Fsp3) is 0.600. The van der Waals surface area contributed by atoms with Crippen LogP contribution >= 0.6 is 0 Å². The third-order valence-electron chi connectivity index (χ3n) is 3.46. The highest BCUT2D eigenvalue weighted by Gasteiger charge is 2.19. The quantitative estimate of drug-likeness (QED) is 0.901. The first kappa shape index (κ1) is 13.8. The molecule has 19 heavy (non-hydrogen) atoms. The first-order valence-electron chi connectivity index (χ1n) is 7.02. The van der Waals surface area contributed by atoms with Crippen LogP contribution in [-0.2, 0) is 0 Å². The molecule has 1 N–H and O–H groups in total. The Morgan fingerprint density at radius 3 is 2.68 bits per heavy atom. The molecule has 0 aromatic carbocycles. The highest BCUT2D eigenvalue weighted by molar-refractivity contribution is 5.43. The molecule has 2 rings (SSSR count). The lowest BCUT2D eigenvalue weighted by Crippen LogP contribution is -2.40. The molecule has 1 aliphatic rings. The molecule has 2 heterocycles. The molecule has 1 aromatic heterocycles. The molecule has 1 fully saturated rings. The van der Waals surface area contributed by atoms with Crippen LogP contribution in [0.2, 0.25) is 0 Å². The highest BCUT2D eigenvalue weighted by atomic mass is 15.1. The first-order chi connectivity index (χ1) is 9.17. The number of nitrogens with zero attached hydrogens (tertiary/aromatic N) is 3. The van der Waals surface area contributed by atoms with Gasteiger partial charge in [0.15, 0.2) is 0 Å². The van der Waals surface area contributed by atoms with Crippen molar-refractivity contribution < 1.29 is 0 Å². The van der Waals surface area contributed by atoms with E-state index >= 15 is 0 Å². The summed E-state index contributed by atoms with van der Waals surface area (Å²) in [7, 11) is 0. The molecule has 0 saturated carbocycles. The van der Waals surface area contributed by atoms with Gasteiger partial charge < -0.3 is 10.2 Å². The Bertz CT molecular complexity index is 424. The van der Waals surface area contributed by atoms with Crippen LogP contribution in [0.4, 0.5) is 5.69 Å². The molecule has 0 atom stereocenters. The van der Waals surface area contributed by atoms with Gasteiger partial charge in [-0.1, -0.05) is 13.8 Å². The van der Waals surface area contributed by atoms with Gasteiger partial charge in [0.2, 0.25) is 0 Å². The van der Waals surface area contributed by atoms with E-state index in [9.17, 15) is 0 Å². The summed E-state index contributed by atoms with van der Waals surface area (Å²) in [6, 6.07) is 6.26. The molecule has 0 radical (unpaired) electrons. The molecule has 4 heteroatoms. The largest absolute Gasteiger partial charge is 0.381 e. The van der Waals surface area contributed by atoms with Gasteiger partial charge in [-0.25, -0.2) is 4.98 Å². The number of likely N-dealkylation sites (tertiary alicyclic amines) is 1. The molecule has 0 amide bonds. The van der Waals surface area contributed by atoms with E-state index in [1.807, 2.05) is 12.1 Å². The summed E-state index contributed by atoms with van der Waals surface area (Å²) in [4.78, 5) is 6.62.